The highest BCUT2D eigenvalue weighted by molar-refractivity contribution is 6.69. The molecule has 5 nitrogen and oxygen atoms in total. The number of amides is 1. The Morgan fingerprint density at radius 3 is 2.57 bits per heavy atom. The van der Waals surface area contributed by atoms with E-state index in [1.165, 1.54) is 7.05 Å². The molecule has 70 valence electrons. The molecule has 0 bridgehead atoms. The van der Waals surface area contributed by atoms with E-state index in [0.29, 0.717) is 5.69 Å². The highest BCUT2D eigenvalue weighted by Crippen LogP contribution is 2.07. The minimum Gasteiger partial charge on any atom is -0.281 e. The Bertz CT molecular complexity index is 425. The molecule has 1 aliphatic rings. The molecule has 0 aromatic carbocycles. The smallest absolute Gasteiger partial charge is 0.281 e. The van der Waals surface area contributed by atoms with Gasteiger partial charge in [0.1, 0.15) is 0 Å². The van der Waals surface area contributed by atoms with Crippen LogP contribution in [0.3, 0.4) is 0 Å². The van der Waals surface area contributed by atoms with Gasteiger partial charge in [-0.2, -0.15) is 5.10 Å². The van der Waals surface area contributed by atoms with Gasteiger partial charge in [-0.05, 0) is 12.1 Å². The number of likely N-dealkylation sites (N-methyl/N-ethyl adjacent to an activating group) is 1. The first-order valence-corrected chi connectivity index (χ1v) is 4.02. The van der Waals surface area contributed by atoms with E-state index in [4.69, 9.17) is 0 Å². The lowest BCUT2D eigenvalue weighted by Crippen LogP contribution is -2.25. The van der Waals surface area contributed by atoms with Crippen molar-refractivity contribution in [3.8, 4) is 0 Å². The number of pyridine rings is 1. The summed E-state index contributed by atoms with van der Waals surface area (Å²) >= 11 is 0. The minimum absolute atomic E-state index is 0.109. The van der Waals surface area contributed by atoms with E-state index in [0.717, 1.165) is 5.01 Å². The molecule has 0 saturated heterocycles. The Kier molecular flexibility index (Phi) is 1.85. The first kappa shape index (κ1) is 8.55. The van der Waals surface area contributed by atoms with Crippen molar-refractivity contribution in [3.05, 3.63) is 30.1 Å². The molecule has 0 saturated carbocycles. The van der Waals surface area contributed by atoms with Crippen molar-refractivity contribution >= 4 is 17.4 Å². The molecule has 1 aromatic rings. The molecular formula is C9H7N3O2. The van der Waals surface area contributed by atoms with Crippen molar-refractivity contribution in [2.24, 2.45) is 5.10 Å². The Labute approximate surface area is 80.1 Å². The number of rotatable bonds is 1. The Hall–Kier alpha value is -2.04. The van der Waals surface area contributed by atoms with E-state index in [2.05, 4.69) is 10.1 Å². The molecule has 5 heteroatoms. The molecular weight excluding hydrogens is 182 g/mol. The third-order valence-electron chi connectivity index (χ3n) is 1.86. The topological polar surface area (TPSA) is 62.6 Å². The van der Waals surface area contributed by atoms with Crippen LogP contribution in [0.1, 0.15) is 5.69 Å². The first-order valence-electron chi connectivity index (χ1n) is 4.02. The zero-order valence-electron chi connectivity index (χ0n) is 7.47. The van der Waals surface area contributed by atoms with Gasteiger partial charge in [0.15, 0.2) is 5.71 Å². The van der Waals surface area contributed by atoms with Gasteiger partial charge in [0.2, 0.25) is 0 Å². The van der Waals surface area contributed by atoms with E-state index in [9.17, 15) is 9.59 Å². The van der Waals surface area contributed by atoms with Crippen molar-refractivity contribution in [1.82, 2.24) is 9.99 Å². The van der Waals surface area contributed by atoms with Crippen LogP contribution in [-0.2, 0) is 9.59 Å². The second-order valence-electron chi connectivity index (χ2n) is 2.82. The second kappa shape index (κ2) is 3.02. The molecule has 0 N–H and O–H groups in total. The molecule has 0 aliphatic carbocycles. The number of hydrazone groups is 1. The number of carbonyl (C=O) groups excluding carboxylic acids is 2. The molecule has 2 heterocycles. The summed E-state index contributed by atoms with van der Waals surface area (Å²) in [7, 11) is 1.44. The molecule has 1 aliphatic heterocycles. The Balaban J connectivity index is 2.43. The van der Waals surface area contributed by atoms with Crippen LogP contribution >= 0.6 is 0 Å². The molecule has 0 fully saturated rings. The van der Waals surface area contributed by atoms with Crippen LogP contribution in [0.25, 0.3) is 0 Å². The summed E-state index contributed by atoms with van der Waals surface area (Å²) in [5.74, 6) is -1.23. The highest BCUT2D eigenvalue weighted by atomic mass is 16.2. The molecule has 14 heavy (non-hydrogen) atoms. The Morgan fingerprint density at radius 2 is 2.07 bits per heavy atom. The molecule has 2 rings (SSSR count). The number of aromatic nitrogens is 1. The highest BCUT2D eigenvalue weighted by Gasteiger charge is 2.32. The summed E-state index contributed by atoms with van der Waals surface area (Å²) in [5.41, 5.74) is 0.535. The molecule has 0 radical (unpaired) electrons. The van der Waals surface area contributed by atoms with Gasteiger partial charge in [0.05, 0.1) is 5.69 Å². The van der Waals surface area contributed by atoms with Crippen molar-refractivity contribution in [1.29, 1.82) is 0 Å². The molecule has 0 spiro atoms. The summed E-state index contributed by atoms with van der Waals surface area (Å²) < 4.78 is 0. The lowest BCUT2D eigenvalue weighted by atomic mass is 10.2. The fraction of sp³-hybridized carbons (Fsp3) is 0.111. The summed E-state index contributed by atoms with van der Waals surface area (Å²) in [6.45, 7) is 0. The molecule has 0 atom stereocenters. The molecule has 0 unspecified atom stereocenters. The van der Waals surface area contributed by atoms with Crippen molar-refractivity contribution in [2.75, 3.05) is 7.05 Å². The van der Waals surface area contributed by atoms with Gasteiger partial charge in [0.25, 0.3) is 5.78 Å². The van der Waals surface area contributed by atoms with Gasteiger partial charge in [-0.15, -0.1) is 0 Å². The SMILES string of the molecule is CN1N=C(c2ccccn2)C(=O)C1=O. The number of nitrogens with zero attached hydrogens (tertiary/aromatic N) is 3. The van der Waals surface area contributed by atoms with Gasteiger partial charge >= 0.3 is 5.91 Å². The zero-order valence-corrected chi connectivity index (χ0v) is 7.47. The van der Waals surface area contributed by atoms with E-state index in [1.807, 2.05) is 0 Å². The third-order valence-corrected chi connectivity index (χ3v) is 1.86. The number of carbonyl (C=O) groups is 2. The third kappa shape index (κ3) is 1.19. The zero-order chi connectivity index (χ0) is 10.1. The largest absolute Gasteiger partial charge is 0.316 e. The van der Waals surface area contributed by atoms with Crippen LogP contribution in [0, 0.1) is 0 Å². The monoisotopic (exact) mass is 189 g/mol. The second-order valence-corrected chi connectivity index (χ2v) is 2.82. The lowest BCUT2D eigenvalue weighted by molar-refractivity contribution is -0.138. The Morgan fingerprint density at radius 1 is 1.29 bits per heavy atom. The predicted octanol–water partition coefficient (Wildman–Crippen LogP) is -0.173. The van der Waals surface area contributed by atoms with Gasteiger partial charge in [0, 0.05) is 13.2 Å². The number of hydrogen-bond donors (Lipinski definition) is 0. The summed E-state index contributed by atoms with van der Waals surface area (Å²) in [6, 6.07) is 5.11. The quantitative estimate of drug-likeness (QED) is 0.576. The normalized spacial score (nSPS) is 16.1. The van der Waals surface area contributed by atoms with E-state index >= 15 is 0 Å². The fourth-order valence-corrected chi connectivity index (χ4v) is 1.16. The van der Waals surface area contributed by atoms with E-state index < -0.39 is 11.7 Å². The molecule has 1 aromatic heterocycles. The maximum atomic E-state index is 11.4. The van der Waals surface area contributed by atoms with E-state index in [-0.39, 0.29) is 5.71 Å². The van der Waals surface area contributed by atoms with Crippen molar-refractivity contribution in [3.63, 3.8) is 0 Å². The van der Waals surface area contributed by atoms with Crippen molar-refractivity contribution in [2.45, 2.75) is 0 Å². The van der Waals surface area contributed by atoms with Crippen LogP contribution in [0.5, 0.6) is 0 Å². The summed E-state index contributed by atoms with van der Waals surface area (Å²) in [4.78, 5) is 26.4. The van der Waals surface area contributed by atoms with Gasteiger partial charge < -0.3 is 0 Å². The summed E-state index contributed by atoms with van der Waals surface area (Å²) in [5, 5.41) is 4.83. The maximum absolute atomic E-state index is 11.4. The average Bonchev–Trinajstić information content (AvgIpc) is 2.47. The van der Waals surface area contributed by atoms with Crippen LogP contribution in [-0.4, -0.2) is 34.4 Å². The summed E-state index contributed by atoms with van der Waals surface area (Å²) in [6.07, 6.45) is 1.55. The van der Waals surface area contributed by atoms with Crippen molar-refractivity contribution < 1.29 is 9.59 Å². The fourth-order valence-electron chi connectivity index (χ4n) is 1.16. The predicted molar refractivity (Wildman–Crippen MR) is 48.6 cm³/mol. The molecule has 1 amide bonds. The van der Waals surface area contributed by atoms with Crippen LogP contribution in [0.4, 0.5) is 0 Å². The van der Waals surface area contributed by atoms with Gasteiger partial charge in [-0.1, -0.05) is 6.07 Å². The van der Waals surface area contributed by atoms with Crippen LogP contribution in [0.2, 0.25) is 0 Å². The number of Topliss-reactive ketones (excluding diaryl/α,β-unsaturated/α-hetero) is 1. The minimum atomic E-state index is -0.620. The average molecular weight is 189 g/mol. The van der Waals surface area contributed by atoms with Crippen LogP contribution < -0.4 is 0 Å². The van der Waals surface area contributed by atoms with Gasteiger partial charge in [-0.25, -0.2) is 5.01 Å². The maximum Gasteiger partial charge on any atom is 0.316 e. The number of ketones is 1. The van der Waals surface area contributed by atoms with E-state index in [1.54, 1.807) is 24.4 Å². The van der Waals surface area contributed by atoms with Gasteiger partial charge in [-0.3, -0.25) is 14.6 Å². The first-order chi connectivity index (χ1) is 6.70. The lowest BCUT2D eigenvalue weighted by Gasteiger charge is -1.97. The van der Waals surface area contributed by atoms with Crippen LogP contribution in [0.15, 0.2) is 29.5 Å². The number of hydrogen-bond acceptors (Lipinski definition) is 4. The standard InChI is InChI=1S/C9H7N3O2/c1-12-9(14)8(13)7(11-12)6-4-2-3-5-10-6/h2-5H,1H3.